The predicted molar refractivity (Wildman–Crippen MR) is 78.3 cm³/mol. The standard InChI is InChI=1S/C11H22N8O/c1-5-19(6-2)11-16-9(15-10(17-11)18-12)14-7(3)8(20)13-4/h7H,5-6,12H2,1-4H3,(H,13,20)(H2,14,15,16,17,18). The van der Waals surface area contributed by atoms with E-state index in [1.807, 2.05) is 18.7 Å². The molecule has 0 aliphatic rings. The smallest absolute Gasteiger partial charge is 0.243 e. The summed E-state index contributed by atoms with van der Waals surface area (Å²) >= 11 is 0. The Morgan fingerprint density at radius 1 is 1.25 bits per heavy atom. The number of aromatic nitrogens is 3. The lowest BCUT2D eigenvalue weighted by molar-refractivity contribution is -0.121. The maximum atomic E-state index is 11.5. The van der Waals surface area contributed by atoms with E-state index in [1.54, 1.807) is 14.0 Å². The van der Waals surface area contributed by atoms with E-state index in [4.69, 9.17) is 5.84 Å². The fourth-order valence-electron chi connectivity index (χ4n) is 1.62. The van der Waals surface area contributed by atoms with Gasteiger partial charge in [-0.25, -0.2) is 5.84 Å². The second kappa shape index (κ2) is 7.43. The average Bonchev–Trinajstić information content (AvgIpc) is 2.47. The van der Waals surface area contributed by atoms with E-state index in [2.05, 4.69) is 31.0 Å². The zero-order valence-corrected chi connectivity index (χ0v) is 12.3. The van der Waals surface area contributed by atoms with Crippen LogP contribution in [0.3, 0.4) is 0 Å². The van der Waals surface area contributed by atoms with Gasteiger partial charge in [0.15, 0.2) is 0 Å². The Morgan fingerprint density at radius 2 is 1.85 bits per heavy atom. The summed E-state index contributed by atoms with van der Waals surface area (Å²) in [5.74, 6) is 6.25. The summed E-state index contributed by atoms with van der Waals surface area (Å²) in [4.78, 5) is 26.0. The fourth-order valence-corrected chi connectivity index (χ4v) is 1.62. The summed E-state index contributed by atoms with van der Waals surface area (Å²) in [5, 5.41) is 5.46. The molecule has 0 saturated heterocycles. The van der Waals surface area contributed by atoms with Crippen LogP contribution in [0, 0.1) is 0 Å². The van der Waals surface area contributed by atoms with Crippen molar-refractivity contribution < 1.29 is 4.79 Å². The van der Waals surface area contributed by atoms with E-state index in [0.29, 0.717) is 11.9 Å². The molecule has 0 saturated carbocycles. The van der Waals surface area contributed by atoms with E-state index >= 15 is 0 Å². The Kier molecular flexibility index (Phi) is 5.91. The van der Waals surface area contributed by atoms with Gasteiger partial charge in [-0.2, -0.15) is 15.0 Å². The quantitative estimate of drug-likeness (QED) is 0.392. The molecule has 0 fully saturated rings. The topological polar surface area (TPSA) is 121 Å². The number of anilines is 3. The van der Waals surface area contributed by atoms with Crippen LogP contribution in [0.1, 0.15) is 20.8 Å². The second-order valence-electron chi connectivity index (χ2n) is 4.08. The molecule has 9 heteroatoms. The molecule has 1 amide bonds. The number of carbonyl (C=O) groups excluding carboxylic acids is 1. The highest BCUT2D eigenvalue weighted by Crippen LogP contribution is 2.13. The normalized spacial score (nSPS) is 11.7. The third-order valence-corrected chi connectivity index (χ3v) is 2.78. The maximum Gasteiger partial charge on any atom is 0.243 e. The van der Waals surface area contributed by atoms with E-state index in [9.17, 15) is 4.79 Å². The summed E-state index contributed by atoms with van der Waals surface area (Å²) in [6, 6.07) is -0.461. The number of rotatable bonds is 7. The second-order valence-corrected chi connectivity index (χ2v) is 4.08. The SMILES string of the molecule is CCN(CC)c1nc(NN)nc(NC(C)C(=O)NC)n1. The van der Waals surface area contributed by atoms with Crippen LogP contribution in [0.5, 0.6) is 0 Å². The van der Waals surface area contributed by atoms with Crippen molar-refractivity contribution in [1.82, 2.24) is 20.3 Å². The lowest BCUT2D eigenvalue weighted by atomic mass is 10.3. The minimum absolute atomic E-state index is 0.156. The van der Waals surface area contributed by atoms with E-state index < -0.39 is 6.04 Å². The Bertz CT molecular complexity index is 448. The van der Waals surface area contributed by atoms with Crippen molar-refractivity contribution in [2.24, 2.45) is 5.84 Å². The van der Waals surface area contributed by atoms with E-state index in [1.165, 1.54) is 0 Å². The zero-order chi connectivity index (χ0) is 15.1. The van der Waals surface area contributed by atoms with E-state index in [-0.39, 0.29) is 11.9 Å². The molecule has 0 aliphatic heterocycles. The van der Waals surface area contributed by atoms with Gasteiger partial charge in [0, 0.05) is 20.1 Å². The number of amides is 1. The van der Waals surface area contributed by atoms with Gasteiger partial charge in [0.05, 0.1) is 0 Å². The number of likely N-dealkylation sites (N-methyl/N-ethyl adjacent to an activating group) is 1. The number of nitrogens with one attached hydrogen (secondary N) is 3. The van der Waals surface area contributed by atoms with Crippen LogP contribution < -0.4 is 26.8 Å². The highest BCUT2D eigenvalue weighted by Gasteiger charge is 2.15. The first-order chi connectivity index (χ1) is 9.55. The Labute approximate surface area is 118 Å². The number of carbonyl (C=O) groups is 1. The first-order valence-corrected chi connectivity index (χ1v) is 6.51. The summed E-state index contributed by atoms with van der Waals surface area (Å²) in [7, 11) is 1.57. The summed E-state index contributed by atoms with van der Waals surface area (Å²) in [6.07, 6.45) is 0. The zero-order valence-electron chi connectivity index (χ0n) is 12.3. The minimum Gasteiger partial charge on any atom is -0.357 e. The van der Waals surface area contributed by atoms with Gasteiger partial charge in [0.25, 0.3) is 0 Å². The van der Waals surface area contributed by atoms with Crippen LogP contribution >= 0.6 is 0 Å². The van der Waals surface area contributed by atoms with Crippen molar-refractivity contribution in [3.8, 4) is 0 Å². The summed E-state index contributed by atoms with van der Waals surface area (Å²) < 4.78 is 0. The third-order valence-electron chi connectivity index (χ3n) is 2.78. The van der Waals surface area contributed by atoms with Crippen LogP contribution in [0.15, 0.2) is 0 Å². The third kappa shape index (κ3) is 3.92. The first-order valence-electron chi connectivity index (χ1n) is 6.51. The lowest BCUT2D eigenvalue weighted by Gasteiger charge is -2.20. The Balaban J connectivity index is 3.01. The molecule has 1 unspecified atom stereocenters. The highest BCUT2D eigenvalue weighted by atomic mass is 16.2. The van der Waals surface area contributed by atoms with Gasteiger partial charge < -0.3 is 15.5 Å². The lowest BCUT2D eigenvalue weighted by Crippen LogP contribution is -2.36. The minimum atomic E-state index is -0.461. The first kappa shape index (κ1) is 15.9. The number of hydrazine groups is 1. The monoisotopic (exact) mass is 282 g/mol. The van der Waals surface area contributed by atoms with Crippen molar-refractivity contribution >= 4 is 23.8 Å². The number of nitrogens with two attached hydrogens (primary N) is 1. The van der Waals surface area contributed by atoms with Gasteiger partial charge in [-0.05, 0) is 20.8 Å². The van der Waals surface area contributed by atoms with Crippen LogP contribution in [-0.2, 0) is 4.79 Å². The predicted octanol–water partition coefficient (Wildman–Crippen LogP) is -0.450. The molecule has 20 heavy (non-hydrogen) atoms. The summed E-state index contributed by atoms with van der Waals surface area (Å²) in [6.45, 7) is 7.24. The van der Waals surface area contributed by atoms with Crippen LogP contribution in [0.4, 0.5) is 17.8 Å². The molecule has 5 N–H and O–H groups in total. The van der Waals surface area contributed by atoms with Gasteiger partial charge in [-0.1, -0.05) is 0 Å². The van der Waals surface area contributed by atoms with E-state index in [0.717, 1.165) is 13.1 Å². The van der Waals surface area contributed by atoms with Gasteiger partial charge in [-0.15, -0.1) is 0 Å². The highest BCUT2D eigenvalue weighted by molar-refractivity contribution is 5.83. The number of hydrogen-bond donors (Lipinski definition) is 4. The number of nitrogen functional groups attached to an aromatic ring is 1. The molecule has 1 atom stereocenters. The molecule has 0 aromatic carbocycles. The molecule has 0 bridgehead atoms. The Morgan fingerprint density at radius 3 is 2.35 bits per heavy atom. The molecular formula is C11H22N8O. The molecule has 0 radical (unpaired) electrons. The number of nitrogens with zero attached hydrogens (tertiary/aromatic N) is 4. The fraction of sp³-hybridized carbons (Fsp3) is 0.636. The average molecular weight is 282 g/mol. The molecule has 1 aromatic rings. The van der Waals surface area contributed by atoms with Crippen molar-refractivity contribution in [2.75, 3.05) is 35.8 Å². The van der Waals surface area contributed by atoms with Crippen LogP contribution in [0.25, 0.3) is 0 Å². The summed E-state index contributed by atoms with van der Waals surface area (Å²) in [5.41, 5.74) is 2.40. The molecule has 1 rings (SSSR count). The number of hydrogen-bond acceptors (Lipinski definition) is 8. The van der Waals surface area contributed by atoms with Gasteiger partial charge in [0.2, 0.25) is 23.8 Å². The van der Waals surface area contributed by atoms with Gasteiger partial charge in [-0.3, -0.25) is 10.2 Å². The molecule has 9 nitrogen and oxygen atoms in total. The largest absolute Gasteiger partial charge is 0.357 e. The molecule has 1 aromatic heterocycles. The van der Waals surface area contributed by atoms with Gasteiger partial charge >= 0.3 is 0 Å². The van der Waals surface area contributed by atoms with Crippen molar-refractivity contribution in [1.29, 1.82) is 0 Å². The Hall–Kier alpha value is -2.16. The van der Waals surface area contributed by atoms with Crippen molar-refractivity contribution in [3.05, 3.63) is 0 Å². The van der Waals surface area contributed by atoms with Crippen molar-refractivity contribution in [2.45, 2.75) is 26.8 Å². The molecule has 0 aliphatic carbocycles. The van der Waals surface area contributed by atoms with Gasteiger partial charge in [0.1, 0.15) is 6.04 Å². The molecular weight excluding hydrogens is 260 g/mol. The maximum absolute atomic E-state index is 11.5. The van der Waals surface area contributed by atoms with Crippen LogP contribution in [-0.4, -0.2) is 47.0 Å². The van der Waals surface area contributed by atoms with Crippen LogP contribution in [0.2, 0.25) is 0 Å². The molecule has 0 spiro atoms. The van der Waals surface area contributed by atoms with Crippen molar-refractivity contribution in [3.63, 3.8) is 0 Å². The molecule has 112 valence electrons. The molecule has 1 heterocycles.